The predicted molar refractivity (Wildman–Crippen MR) is 135 cm³/mol. The number of benzene rings is 2. The van der Waals surface area contributed by atoms with Gasteiger partial charge in [0.15, 0.2) is 0 Å². The van der Waals surface area contributed by atoms with Gasteiger partial charge in [-0.3, -0.25) is 9.59 Å². The lowest BCUT2D eigenvalue weighted by atomic mass is 9.84. The van der Waals surface area contributed by atoms with Crippen LogP contribution in [0.4, 0.5) is 4.79 Å². The van der Waals surface area contributed by atoms with Crippen molar-refractivity contribution in [3.8, 4) is 11.1 Å². The first-order valence-corrected chi connectivity index (χ1v) is 12.2. The SMILES string of the molecule is CN(CCCC(=O)O)C(=O)CCC(C)(C)CCNC(=O)OCC1c2ccccc2-c2ccccc21. The van der Waals surface area contributed by atoms with Crippen molar-refractivity contribution < 1.29 is 24.2 Å². The molecule has 2 amide bonds. The second kappa shape index (κ2) is 11.9. The fourth-order valence-electron chi connectivity index (χ4n) is 4.51. The van der Waals surface area contributed by atoms with Gasteiger partial charge in [0.05, 0.1) is 0 Å². The maximum absolute atomic E-state index is 12.4. The molecule has 3 rings (SSSR count). The van der Waals surface area contributed by atoms with Crippen LogP contribution in [0.25, 0.3) is 11.1 Å². The van der Waals surface area contributed by atoms with Gasteiger partial charge in [-0.05, 0) is 46.9 Å². The second-order valence-electron chi connectivity index (χ2n) is 9.98. The van der Waals surface area contributed by atoms with Crippen molar-refractivity contribution >= 4 is 18.0 Å². The zero-order chi connectivity index (χ0) is 25.4. The van der Waals surface area contributed by atoms with E-state index in [0.29, 0.717) is 38.8 Å². The summed E-state index contributed by atoms with van der Waals surface area (Å²) in [5, 5.41) is 11.6. The Bertz CT molecular complexity index is 1000. The Morgan fingerprint density at radius 3 is 2.17 bits per heavy atom. The lowest BCUT2D eigenvalue weighted by Gasteiger charge is -2.26. The van der Waals surface area contributed by atoms with Gasteiger partial charge in [-0.2, -0.15) is 0 Å². The Morgan fingerprint density at radius 2 is 1.57 bits per heavy atom. The summed E-state index contributed by atoms with van der Waals surface area (Å²) in [5.74, 6) is -0.813. The first kappa shape index (κ1) is 26.3. The van der Waals surface area contributed by atoms with Crippen molar-refractivity contribution in [3.63, 3.8) is 0 Å². The number of ether oxygens (including phenoxy) is 1. The van der Waals surface area contributed by atoms with E-state index in [-0.39, 0.29) is 30.3 Å². The number of carboxylic acid groups (broad SMARTS) is 1. The maximum atomic E-state index is 12.4. The lowest BCUT2D eigenvalue weighted by Crippen LogP contribution is -2.31. The molecule has 0 unspecified atom stereocenters. The average molecular weight is 481 g/mol. The van der Waals surface area contributed by atoms with Gasteiger partial charge in [-0.25, -0.2) is 4.79 Å². The fraction of sp³-hybridized carbons (Fsp3) is 0.464. The Kier molecular flexibility index (Phi) is 8.90. The zero-order valence-corrected chi connectivity index (χ0v) is 20.9. The Morgan fingerprint density at radius 1 is 0.971 bits per heavy atom. The van der Waals surface area contributed by atoms with E-state index >= 15 is 0 Å². The molecule has 0 saturated heterocycles. The molecule has 2 aromatic carbocycles. The van der Waals surface area contributed by atoms with Crippen molar-refractivity contribution in [3.05, 3.63) is 59.7 Å². The van der Waals surface area contributed by atoms with Gasteiger partial charge in [-0.1, -0.05) is 62.4 Å². The van der Waals surface area contributed by atoms with Crippen LogP contribution in [0.5, 0.6) is 0 Å². The molecule has 0 aromatic heterocycles. The minimum absolute atomic E-state index is 0.00737. The van der Waals surface area contributed by atoms with Crippen LogP contribution in [0.15, 0.2) is 48.5 Å². The molecule has 0 heterocycles. The minimum Gasteiger partial charge on any atom is -0.481 e. The van der Waals surface area contributed by atoms with Crippen molar-refractivity contribution in [1.29, 1.82) is 0 Å². The summed E-state index contributed by atoms with van der Waals surface area (Å²) < 4.78 is 5.59. The number of amides is 2. The van der Waals surface area contributed by atoms with E-state index < -0.39 is 12.1 Å². The molecule has 0 bridgehead atoms. The summed E-state index contributed by atoms with van der Waals surface area (Å²) in [6.45, 7) is 5.33. The van der Waals surface area contributed by atoms with E-state index in [0.717, 1.165) is 0 Å². The smallest absolute Gasteiger partial charge is 0.407 e. The third-order valence-corrected chi connectivity index (χ3v) is 6.74. The van der Waals surface area contributed by atoms with Crippen LogP contribution >= 0.6 is 0 Å². The van der Waals surface area contributed by atoms with E-state index in [1.165, 1.54) is 22.3 Å². The number of carboxylic acids is 1. The van der Waals surface area contributed by atoms with Gasteiger partial charge in [0.2, 0.25) is 5.91 Å². The quantitative estimate of drug-likeness (QED) is 0.443. The van der Waals surface area contributed by atoms with E-state index in [1.807, 2.05) is 24.3 Å². The van der Waals surface area contributed by atoms with Crippen molar-refractivity contribution in [2.24, 2.45) is 5.41 Å². The number of fused-ring (bicyclic) bond motifs is 3. The molecule has 1 aliphatic rings. The number of hydrogen-bond donors (Lipinski definition) is 2. The number of hydrogen-bond acceptors (Lipinski definition) is 4. The van der Waals surface area contributed by atoms with Gasteiger partial charge < -0.3 is 20.1 Å². The second-order valence-corrected chi connectivity index (χ2v) is 9.98. The molecule has 0 radical (unpaired) electrons. The highest BCUT2D eigenvalue weighted by Gasteiger charge is 2.29. The van der Waals surface area contributed by atoms with Crippen LogP contribution in [0.1, 0.15) is 63.0 Å². The van der Waals surface area contributed by atoms with E-state index in [9.17, 15) is 14.4 Å². The Hall–Kier alpha value is -3.35. The summed E-state index contributed by atoms with van der Waals surface area (Å²) in [6.07, 6.45) is 1.86. The maximum Gasteiger partial charge on any atom is 0.407 e. The van der Waals surface area contributed by atoms with Gasteiger partial charge in [0, 0.05) is 38.9 Å². The largest absolute Gasteiger partial charge is 0.481 e. The molecule has 2 N–H and O–H groups in total. The van der Waals surface area contributed by atoms with Gasteiger partial charge in [-0.15, -0.1) is 0 Å². The molecular weight excluding hydrogens is 444 g/mol. The fourth-order valence-corrected chi connectivity index (χ4v) is 4.51. The molecule has 7 nitrogen and oxygen atoms in total. The van der Waals surface area contributed by atoms with E-state index in [2.05, 4.69) is 43.4 Å². The summed E-state index contributed by atoms with van der Waals surface area (Å²) in [4.78, 5) is 36.9. The van der Waals surface area contributed by atoms with Crippen LogP contribution in [-0.4, -0.2) is 54.7 Å². The number of nitrogens with one attached hydrogen (secondary N) is 1. The molecule has 1 aliphatic carbocycles. The number of alkyl carbamates (subject to hydrolysis) is 1. The predicted octanol–water partition coefficient (Wildman–Crippen LogP) is 5.04. The minimum atomic E-state index is -0.851. The molecule has 0 saturated carbocycles. The molecule has 0 atom stereocenters. The van der Waals surface area contributed by atoms with Gasteiger partial charge >= 0.3 is 12.1 Å². The monoisotopic (exact) mass is 480 g/mol. The van der Waals surface area contributed by atoms with Crippen LogP contribution in [0, 0.1) is 5.41 Å². The highest BCUT2D eigenvalue weighted by molar-refractivity contribution is 5.79. The molecule has 7 heteroatoms. The number of rotatable bonds is 12. The summed E-state index contributed by atoms with van der Waals surface area (Å²) >= 11 is 0. The van der Waals surface area contributed by atoms with Gasteiger partial charge in [0.1, 0.15) is 6.61 Å². The van der Waals surface area contributed by atoms with Crippen LogP contribution in [0.2, 0.25) is 0 Å². The number of aliphatic carboxylic acids is 1. The summed E-state index contributed by atoms with van der Waals surface area (Å²) in [6, 6.07) is 16.5. The first-order valence-electron chi connectivity index (χ1n) is 12.2. The zero-order valence-electron chi connectivity index (χ0n) is 20.9. The number of carbonyl (C=O) groups excluding carboxylic acids is 2. The Labute approximate surface area is 207 Å². The highest BCUT2D eigenvalue weighted by atomic mass is 16.5. The summed E-state index contributed by atoms with van der Waals surface area (Å²) in [7, 11) is 1.70. The molecule has 0 fully saturated rings. The molecule has 2 aromatic rings. The topological polar surface area (TPSA) is 95.9 Å². The molecular formula is C28H36N2O5. The normalized spacial score (nSPS) is 12.5. The molecule has 0 aliphatic heterocycles. The molecule has 35 heavy (non-hydrogen) atoms. The Balaban J connectivity index is 1.39. The van der Waals surface area contributed by atoms with Crippen LogP contribution < -0.4 is 5.32 Å². The van der Waals surface area contributed by atoms with Crippen LogP contribution in [0.3, 0.4) is 0 Å². The standard InChI is InChI=1S/C28H36N2O5/c1-28(2,15-14-25(31)30(3)18-8-13-26(32)33)16-17-29-27(34)35-19-24-22-11-6-4-9-20(22)21-10-5-7-12-23(21)24/h4-7,9-12,24H,8,13-19H2,1-3H3,(H,29,34)(H,32,33). The third kappa shape index (κ3) is 7.31. The van der Waals surface area contributed by atoms with Crippen molar-refractivity contribution in [2.45, 2.75) is 51.9 Å². The number of carbonyl (C=O) groups is 3. The number of nitrogens with zero attached hydrogens (tertiary/aromatic N) is 1. The van der Waals surface area contributed by atoms with Crippen molar-refractivity contribution in [1.82, 2.24) is 10.2 Å². The van der Waals surface area contributed by atoms with Gasteiger partial charge in [0.25, 0.3) is 0 Å². The molecule has 0 spiro atoms. The highest BCUT2D eigenvalue weighted by Crippen LogP contribution is 2.44. The third-order valence-electron chi connectivity index (χ3n) is 6.74. The molecule has 188 valence electrons. The summed E-state index contributed by atoms with van der Waals surface area (Å²) in [5.41, 5.74) is 4.62. The van der Waals surface area contributed by atoms with E-state index in [4.69, 9.17) is 9.84 Å². The van der Waals surface area contributed by atoms with E-state index in [1.54, 1.807) is 11.9 Å². The lowest BCUT2D eigenvalue weighted by molar-refractivity contribution is -0.138. The van der Waals surface area contributed by atoms with Crippen molar-refractivity contribution in [2.75, 3.05) is 26.7 Å². The average Bonchev–Trinajstić information content (AvgIpc) is 3.14. The first-order chi connectivity index (χ1) is 16.7. The van der Waals surface area contributed by atoms with Crippen LogP contribution in [-0.2, 0) is 14.3 Å².